The number of Topliss-reactive ketones (excluding diaryl/α,β-unsaturated/α-hetero) is 1. The maximum Gasteiger partial charge on any atom is 0.188 e. The number of ketones is 1. The van der Waals surface area contributed by atoms with E-state index in [-0.39, 0.29) is 18.3 Å². The van der Waals surface area contributed by atoms with Gasteiger partial charge in [-0.2, -0.15) is 5.10 Å². The maximum absolute atomic E-state index is 12.6. The Morgan fingerprint density at radius 1 is 1.35 bits per heavy atom. The van der Waals surface area contributed by atoms with E-state index in [2.05, 4.69) is 17.3 Å². The number of aromatic nitrogens is 2. The van der Waals surface area contributed by atoms with Crippen molar-refractivity contribution in [1.82, 2.24) is 9.78 Å². The second kappa shape index (κ2) is 6.54. The molecule has 0 atom stereocenters. The van der Waals surface area contributed by atoms with Crippen LogP contribution in [-0.2, 0) is 6.42 Å². The van der Waals surface area contributed by atoms with Crippen LogP contribution < -0.4 is 5.32 Å². The smallest absolute Gasteiger partial charge is 0.188 e. The van der Waals surface area contributed by atoms with Gasteiger partial charge >= 0.3 is 0 Å². The zero-order chi connectivity index (χ0) is 16.4. The lowest BCUT2D eigenvalue weighted by atomic mass is 10.1. The summed E-state index contributed by atoms with van der Waals surface area (Å²) < 4.78 is 1.86. The minimum Gasteiger partial charge on any atom is -0.395 e. The van der Waals surface area contributed by atoms with Gasteiger partial charge in [-0.15, -0.1) is 0 Å². The lowest BCUT2D eigenvalue weighted by molar-refractivity contribution is 0.0963. The average Bonchev–Trinajstić information content (AvgIpc) is 3.34. The normalized spacial score (nSPS) is 14.0. The summed E-state index contributed by atoms with van der Waals surface area (Å²) in [5.41, 5.74) is 4.41. The van der Waals surface area contributed by atoms with Crippen LogP contribution in [0.5, 0.6) is 0 Å². The molecule has 0 spiro atoms. The zero-order valence-electron chi connectivity index (χ0n) is 13.7. The minimum absolute atomic E-state index is 0.0237. The van der Waals surface area contributed by atoms with Crippen molar-refractivity contribution in [2.24, 2.45) is 5.92 Å². The Kier molecular flexibility index (Phi) is 4.48. The number of aryl methyl sites for hydroxylation is 1. The summed E-state index contributed by atoms with van der Waals surface area (Å²) >= 11 is 0. The zero-order valence-corrected chi connectivity index (χ0v) is 13.7. The quantitative estimate of drug-likeness (QED) is 0.771. The molecule has 1 aliphatic carbocycles. The molecule has 1 aromatic carbocycles. The van der Waals surface area contributed by atoms with E-state index in [0.29, 0.717) is 12.2 Å². The summed E-state index contributed by atoms with van der Waals surface area (Å²) in [5.74, 6) is 0.238. The van der Waals surface area contributed by atoms with Gasteiger partial charge in [0.1, 0.15) is 0 Å². The number of aliphatic hydroxyl groups is 1. The third kappa shape index (κ3) is 3.15. The summed E-state index contributed by atoms with van der Waals surface area (Å²) in [6, 6.07) is 8.12. The average molecular weight is 313 g/mol. The maximum atomic E-state index is 12.6. The van der Waals surface area contributed by atoms with Crippen LogP contribution in [0.3, 0.4) is 0 Å². The van der Waals surface area contributed by atoms with E-state index in [9.17, 15) is 4.79 Å². The fourth-order valence-corrected chi connectivity index (χ4v) is 2.76. The monoisotopic (exact) mass is 313 g/mol. The molecule has 1 saturated carbocycles. The van der Waals surface area contributed by atoms with E-state index in [1.54, 1.807) is 0 Å². The number of aliphatic hydroxyl groups excluding tert-OH is 1. The second-order valence-electron chi connectivity index (χ2n) is 6.06. The number of anilines is 1. The Morgan fingerprint density at radius 3 is 2.61 bits per heavy atom. The van der Waals surface area contributed by atoms with E-state index in [1.807, 2.05) is 35.9 Å². The van der Waals surface area contributed by atoms with E-state index in [1.165, 1.54) is 5.56 Å². The van der Waals surface area contributed by atoms with Gasteiger partial charge in [0.2, 0.25) is 0 Å². The van der Waals surface area contributed by atoms with Crippen molar-refractivity contribution in [2.75, 3.05) is 18.5 Å². The number of benzene rings is 1. The van der Waals surface area contributed by atoms with Crippen molar-refractivity contribution < 1.29 is 9.90 Å². The summed E-state index contributed by atoms with van der Waals surface area (Å²) in [7, 11) is 0. The molecule has 1 fully saturated rings. The lowest BCUT2D eigenvalue weighted by Gasteiger charge is -2.09. The summed E-state index contributed by atoms with van der Waals surface area (Å²) in [5, 5.41) is 16.9. The van der Waals surface area contributed by atoms with Gasteiger partial charge in [-0.3, -0.25) is 4.79 Å². The molecule has 2 N–H and O–H groups in total. The predicted molar refractivity (Wildman–Crippen MR) is 90.3 cm³/mol. The highest BCUT2D eigenvalue weighted by Crippen LogP contribution is 2.36. The molecule has 0 aliphatic heterocycles. The first-order valence-electron chi connectivity index (χ1n) is 8.23. The Labute approximate surface area is 136 Å². The Hall–Kier alpha value is -2.14. The Morgan fingerprint density at radius 2 is 2.04 bits per heavy atom. The Balaban J connectivity index is 2.07. The molecular formula is C18H23N3O2. The molecule has 5 heteroatoms. The fourth-order valence-electron chi connectivity index (χ4n) is 2.76. The van der Waals surface area contributed by atoms with Crippen molar-refractivity contribution in [3.8, 4) is 5.69 Å². The highest BCUT2D eigenvalue weighted by Gasteiger charge is 2.35. The number of hydrogen-bond donors (Lipinski definition) is 2. The van der Waals surface area contributed by atoms with Gasteiger partial charge in [-0.05, 0) is 38.3 Å². The Bertz CT molecular complexity index is 700. The van der Waals surface area contributed by atoms with Crippen molar-refractivity contribution >= 4 is 11.5 Å². The van der Waals surface area contributed by atoms with Crippen LogP contribution in [0.4, 0.5) is 5.69 Å². The van der Waals surface area contributed by atoms with Gasteiger partial charge < -0.3 is 10.4 Å². The van der Waals surface area contributed by atoms with Crippen LogP contribution in [-0.4, -0.2) is 33.8 Å². The van der Waals surface area contributed by atoms with E-state index in [4.69, 9.17) is 5.11 Å². The van der Waals surface area contributed by atoms with Crippen molar-refractivity contribution in [2.45, 2.75) is 33.1 Å². The number of nitrogens with one attached hydrogen (secondary N) is 1. The molecule has 5 nitrogen and oxygen atoms in total. The van der Waals surface area contributed by atoms with E-state index < -0.39 is 0 Å². The molecule has 0 radical (unpaired) electrons. The molecule has 1 heterocycles. The standard InChI is InChI=1S/C18H23N3O2/c1-3-15-16(19-10-11-22)17(18(23)13-6-7-13)20-21(15)14-8-4-12(2)5-9-14/h4-5,8-9,13,19,22H,3,6-7,10-11H2,1-2H3. The van der Waals surface area contributed by atoms with Crippen LogP contribution >= 0.6 is 0 Å². The first-order chi connectivity index (χ1) is 11.2. The summed E-state index contributed by atoms with van der Waals surface area (Å²) in [6.45, 7) is 4.54. The number of hydrogen-bond acceptors (Lipinski definition) is 4. The minimum atomic E-state index is 0.0237. The topological polar surface area (TPSA) is 67.2 Å². The molecule has 1 aromatic heterocycles. The van der Waals surface area contributed by atoms with Gasteiger partial charge in [-0.25, -0.2) is 4.68 Å². The molecule has 23 heavy (non-hydrogen) atoms. The lowest BCUT2D eigenvalue weighted by Crippen LogP contribution is -2.11. The fraction of sp³-hybridized carbons (Fsp3) is 0.444. The van der Waals surface area contributed by atoms with Crippen LogP contribution in [0.15, 0.2) is 24.3 Å². The van der Waals surface area contributed by atoms with Gasteiger partial charge in [0.05, 0.1) is 23.7 Å². The highest BCUT2D eigenvalue weighted by atomic mass is 16.3. The van der Waals surface area contributed by atoms with E-state index >= 15 is 0 Å². The number of rotatable bonds is 7. The third-order valence-electron chi connectivity index (χ3n) is 4.19. The van der Waals surface area contributed by atoms with Crippen molar-refractivity contribution in [3.63, 3.8) is 0 Å². The molecule has 0 bridgehead atoms. The summed E-state index contributed by atoms with van der Waals surface area (Å²) in [4.78, 5) is 12.6. The van der Waals surface area contributed by atoms with Crippen LogP contribution in [0.2, 0.25) is 0 Å². The molecule has 122 valence electrons. The molecule has 0 amide bonds. The first-order valence-corrected chi connectivity index (χ1v) is 8.23. The van der Waals surface area contributed by atoms with E-state index in [0.717, 1.165) is 36.3 Å². The molecule has 3 rings (SSSR count). The first kappa shape index (κ1) is 15.7. The van der Waals surface area contributed by atoms with Crippen molar-refractivity contribution in [3.05, 3.63) is 41.2 Å². The molecule has 0 saturated heterocycles. The van der Waals surface area contributed by atoms with Gasteiger partial charge in [0.25, 0.3) is 0 Å². The second-order valence-corrected chi connectivity index (χ2v) is 6.06. The number of carbonyl (C=O) groups is 1. The van der Waals surface area contributed by atoms with Gasteiger partial charge in [0.15, 0.2) is 11.5 Å². The van der Waals surface area contributed by atoms with Crippen LogP contribution in [0.1, 0.15) is 41.5 Å². The largest absolute Gasteiger partial charge is 0.395 e. The van der Waals surface area contributed by atoms with Crippen LogP contribution in [0, 0.1) is 12.8 Å². The summed E-state index contributed by atoms with van der Waals surface area (Å²) in [6.07, 6.45) is 2.67. The highest BCUT2D eigenvalue weighted by molar-refractivity contribution is 6.02. The molecular weight excluding hydrogens is 290 g/mol. The molecule has 1 aliphatic rings. The predicted octanol–water partition coefficient (Wildman–Crippen LogP) is 2.74. The third-order valence-corrected chi connectivity index (χ3v) is 4.19. The molecule has 2 aromatic rings. The number of nitrogens with zero attached hydrogens (tertiary/aromatic N) is 2. The van der Waals surface area contributed by atoms with Crippen LogP contribution in [0.25, 0.3) is 5.69 Å². The number of carbonyl (C=O) groups excluding carboxylic acids is 1. The van der Waals surface area contributed by atoms with Gasteiger partial charge in [0, 0.05) is 12.5 Å². The SMILES string of the molecule is CCc1c(NCCO)c(C(=O)C2CC2)nn1-c1ccc(C)cc1. The van der Waals surface area contributed by atoms with Crippen molar-refractivity contribution in [1.29, 1.82) is 0 Å². The molecule has 0 unspecified atom stereocenters. The van der Waals surface area contributed by atoms with Gasteiger partial charge in [-0.1, -0.05) is 24.6 Å².